The van der Waals surface area contributed by atoms with Crippen LogP contribution in [0.3, 0.4) is 0 Å². The van der Waals surface area contributed by atoms with Crippen LogP contribution in [0, 0.1) is 13.8 Å². The summed E-state index contributed by atoms with van der Waals surface area (Å²) in [6.45, 7) is 9.26. The molecule has 7 heteroatoms. The Hall–Kier alpha value is -2.38. The van der Waals surface area contributed by atoms with Gasteiger partial charge < -0.3 is 5.32 Å². The van der Waals surface area contributed by atoms with E-state index in [1.165, 1.54) is 29.1 Å². The molecule has 6 nitrogen and oxygen atoms in total. The number of amides is 1. The lowest BCUT2D eigenvalue weighted by Crippen LogP contribution is -2.49. The van der Waals surface area contributed by atoms with Crippen molar-refractivity contribution in [2.75, 3.05) is 23.7 Å². The molecule has 0 radical (unpaired) electrons. The van der Waals surface area contributed by atoms with Gasteiger partial charge in [-0.25, -0.2) is 8.42 Å². The Balaban J connectivity index is 1.68. The Morgan fingerprint density at radius 1 is 1.03 bits per heavy atom. The van der Waals surface area contributed by atoms with Gasteiger partial charge in [0, 0.05) is 13.1 Å². The number of hydrogen-bond donors (Lipinski definition) is 1. The number of nitrogens with one attached hydrogen (secondary N) is 1. The highest BCUT2D eigenvalue weighted by atomic mass is 32.2. The summed E-state index contributed by atoms with van der Waals surface area (Å²) in [5.41, 5.74) is 4.60. The molecule has 33 heavy (non-hydrogen) atoms. The Labute approximate surface area is 199 Å². The minimum atomic E-state index is -3.65. The van der Waals surface area contributed by atoms with E-state index in [2.05, 4.69) is 22.3 Å². The van der Waals surface area contributed by atoms with E-state index in [-0.39, 0.29) is 5.91 Å². The van der Waals surface area contributed by atoms with Crippen LogP contribution in [0.5, 0.6) is 0 Å². The first-order chi connectivity index (χ1) is 15.7. The van der Waals surface area contributed by atoms with Gasteiger partial charge in [0.15, 0.2) is 0 Å². The summed E-state index contributed by atoms with van der Waals surface area (Å²) in [6.07, 6.45) is 5.41. The number of piperidine rings is 1. The smallest absolute Gasteiger partial charge is 0.244 e. The number of rotatable bonds is 9. The summed E-state index contributed by atoms with van der Waals surface area (Å²) in [5, 5.41) is 2.95. The van der Waals surface area contributed by atoms with Gasteiger partial charge in [0.25, 0.3) is 0 Å². The monoisotopic (exact) mass is 471 g/mol. The highest BCUT2D eigenvalue weighted by Crippen LogP contribution is 2.27. The number of carbonyl (C=O) groups is 1. The predicted octanol–water partition coefficient (Wildman–Crippen LogP) is 4.15. The van der Waals surface area contributed by atoms with E-state index < -0.39 is 16.1 Å². The molecule has 2 aromatic carbocycles. The summed E-state index contributed by atoms with van der Waals surface area (Å²) >= 11 is 0. The Morgan fingerprint density at radius 2 is 1.67 bits per heavy atom. The summed E-state index contributed by atoms with van der Waals surface area (Å²) < 4.78 is 26.7. The maximum atomic E-state index is 13.1. The molecule has 1 N–H and O–H groups in total. The minimum absolute atomic E-state index is 0.291. The molecule has 3 rings (SSSR count). The fourth-order valence-corrected chi connectivity index (χ4v) is 5.70. The molecule has 1 amide bonds. The van der Waals surface area contributed by atoms with Crippen LogP contribution in [0.25, 0.3) is 0 Å². The van der Waals surface area contributed by atoms with Crippen molar-refractivity contribution < 1.29 is 13.2 Å². The quantitative estimate of drug-likeness (QED) is 0.597. The van der Waals surface area contributed by atoms with Crippen molar-refractivity contribution in [2.45, 2.75) is 65.6 Å². The van der Waals surface area contributed by atoms with Gasteiger partial charge in [-0.15, -0.1) is 0 Å². The molecule has 1 aliphatic heterocycles. The van der Waals surface area contributed by atoms with Crippen LogP contribution in [0.4, 0.5) is 5.69 Å². The van der Waals surface area contributed by atoms with E-state index >= 15 is 0 Å². The molecule has 1 saturated heterocycles. The second kappa shape index (κ2) is 11.2. The van der Waals surface area contributed by atoms with Gasteiger partial charge in [-0.2, -0.15) is 0 Å². The molecule has 0 bridgehead atoms. The maximum Gasteiger partial charge on any atom is 0.244 e. The second-order valence-corrected chi connectivity index (χ2v) is 11.0. The largest absolute Gasteiger partial charge is 0.350 e. The summed E-state index contributed by atoms with van der Waals surface area (Å²) in [5.74, 6) is -0.291. The molecule has 1 heterocycles. The lowest BCUT2D eigenvalue weighted by molar-refractivity contribution is -0.122. The number of aryl methyl sites for hydroxylation is 2. The summed E-state index contributed by atoms with van der Waals surface area (Å²) in [4.78, 5) is 15.6. The fourth-order valence-electron chi connectivity index (χ4n) is 4.44. The van der Waals surface area contributed by atoms with Crippen LogP contribution in [0.15, 0.2) is 42.5 Å². The van der Waals surface area contributed by atoms with Crippen LogP contribution < -0.4 is 9.62 Å². The average Bonchev–Trinajstić information content (AvgIpc) is 2.78. The van der Waals surface area contributed by atoms with Gasteiger partial charge in [0.05, 0.1) is 11.9 Å². The van der Waals surface area contributed by atoms with E-state index in [0.717, 1.165) is 42.6 Å². The zero-order chi connectivity index (χ0) is 24.0. The number of nitrogens with zero attached hydrogens (tertiary/aromatic N) is 2. The van der Waals surface area contributed by atoms with Gasteiger partial charge in [-0.1, -0.05) is 49.7 Å². The zero-order valence-corrected chi connectivity index (χ0v) is 21.1. The Kier molecular flexibility index (Phi) is 8.54. The first kappa shape index (κ1) is 25.2. The minimum Gasteiger partial charge on any atom is -0.350 e. The van der Waals surface area contributed by atoms with Crippen molar-refractivity contribution in [1.82, 2.24) is 10.2 Å². The Bertz CT molecular complexity index is 1040. The number of anilines is 1. The predicted molar refractivity (Wildman–Crippen MR) is 135 cm³/mol. The van der Waals surface area contributed by atoms with Crippen molar-refractivity contribution in [1.29, 1.82) is 0 Å². The highest BCUT2D eigenvalue weighted by Gasteiger charge is 2.32. The number of benzene rings is 2. The number of hydrogen-bond acceptors (Lipinski definition) is 4. The van der Waals surface area contributed by atoms with Gasteiger partial charge in [0.1, 0.15) is 6.04 Å². The molecule has 1 aliphatic rings. The second-order valence-electron chi connectivity index (χ2n) is 9.14. The van der Waals surface area contributed by atoms with Crippen LogP contribution >= 0.6 is 0 Å². The first-order valence-electron chi connectivity index (χ1n) is 11.8. The van der Waals surface area contributed by atoms with Gasteiger partial charge >= 0.3 is 0 Å². The first-order valence-corrected chi connectivity index (χ1v) is 13.7. The molecular formula is C26H37N3O3S. The van der Waals surface area contributed by atoms with Crippen molar-refractivity contribution >= 4 is 21.6 Å². The van der Waals surface area contributed by atoms with E-state index in [1.807, 2.05) is 51.1 Å². The Morgan fingerprint density at radius 3 is 2.27 bits per heavy atom. The number of carbonyl (C=O) groups excluding carboxylic acids is 1. The molecule has 1 unspecified atom stereocenters. The lowest BCUT2D eigenvalue weighted by atomic mass is 10.1. The zero-order valence-electron chi connectivity index (χ0n) is 20.3. The van der Waals surface area contributed by atoms with Crippen molar-refractivity contribution in [2.24, 2.45) is 0 Å². The molecule has 0 aliphatic carbocycles. The molecule has 0 spiro atoms. The van der Waals surface area contributed by atoms with Crippen LogP contribution in [0.2, 0.25) is 0 Å². The van der Waals surface area contributed by atoms with Crippen LogP contribution in [-0.2, 0) is 27.9 Å². The molecule has 1 atom stereocenters. The topological polar surface area (TPSA) is 69.7 Å². The standard InChI is InChI=1S/C26H37N3O3S/c1-5-24(29(33(4,31)32)25-17-20(2)9-10-21(25)3)26(30)27-18-22-11-13-23(14-12-22)19-28-15-7-6-8-16-28/h9-14,17,24H,5-8,15-16,18-19H2,1-4H3,(H,27,30). The van der Waals surface area contributed by atoms with E-state index in [1.54, 1.807) is 0 Å². The normalized spacial score (nSPS) is 15.8. The summed E-state index contributed by atoms with van der Waals surface area (Å²) in [6, 6.07) is 13.2. The SMILES string of the molecule is CCC(C(=O)NCc1ccc(CN2CCCCC2)cc1)N(c1cc(C)ccc1C)S(C)(=O)=O. The average molecular weight is 472 g/mol. The maximum absolute atomic E-state index is 13.1. The van der Waals surface area contributed by atoms with E-state index in [9.17, 15) is 13.2 Å². The van der Waals surface area contributed by atoms with Crippen LogP contribution in [0.1, 0.15) is 54.9 Å². The molecule has 0 saturated carbocycles. The fraction of sp³-hybridized carbons (Fsp3) is 0.500. The van der Waals surface area contributed by atoms with Crippen molar-refractivity contribution in [3.05, 3.63) is 64.7 Å². The van der Waals surface area contributed by atoms with E-state index in [4.69, 9.17) is 0 Å². The molecule has 180 valence electrons. The third-order valence-electron chi connectivity index (χ3n) is 6.28. The third-order valence-corrected chi connectivity index (χ3v) is 7.44. The van der Waals surface area contributed by atoms with Crippen molar-refractivity contribution in [3.8, 4) is 0 Å². The third kappa shape index (κ3) is 6.81. The van der Waals surface area contributed by atoms with E-state index in [0.29, 0.717) is 18.7 Å². The summed E-state index contributed by atoms with van der Waals surface area (Å²) in [7, 11) is -3.65. The molecule has 2 aromatic rings. The molecular weight excluding hydrogens is 434 g/mol. The lowest BCUT2D eigenvalue weighted by Gasteiger charge is -2.31. The van der Waals surface area contributed by atoms with Gasteiger partial charge in [-0.3, -0.25) is 14.0 Å². The highest BCUT2D eigenvalue weighted by molar-refractivity contribution is 7.92. The molecule has 1 fully saturated rings. The number of sulfonamides is 1. The van der Waals surface area contributed by atoms with Crippen LogP contribution in [-0.4, -0.2) is 44.6 Å². The van der Waals surface area contributed by atoms with Gasteiger partial charge in [-0.05, 0) is 74.5 Å². The molecule has 0 aromatic heterocycles. The van der Waals surface area contributed by atoms with Crippen molar-refractivity contribution in [3.63, 3.8) is 0 Å². The van der Waals surface area contributed by atoms with Gasteiger partial charge in [0.2, 0.25) is 15.9 Å². The number of likely N-dealkylation sites (tertiary alicyclic amines) is 1.